The number of hydrogen-bond donors (Lipinski definition) is 2. The summed E-state index contributed by atoms with van der Waals surface area (Å²) in [6, 6.07) is -0.269. The summed E-state index contributed by atoms with van der Waals surface area (Å²) in [4.78, 5) is 24.4. The van der Waals surface area contributed by atoms with Crippen LogP contribution in [0.3, 0.4) is 0 Å². The summed E-state index contributed by atoms with van der Waals surface area (Å²) in [6.45, 7) is 0.901. The fourth-order valence-corrected chi connectivity index (χ4v) is 3.35. The first-order valence-electron chi connectivity index (χ1n) is 6.27. The Bertz CT molecular complexity index is 489. The number of amides is 1. The SMILES string of the molecule is CS(=O)(=O)NC1CCCN(C(=O)[C@@H]2C[C@@H]2C(=O)O)C1. The molecule has 108 valence electrons. The lowest BCUT2D eigenvalue weighted by atomic mass is 10.1. The zero-order chi connectivity index (χ0) is 14.2. The Morgan fingerprint density at radius 2 is 2.00 bits per heavy atom. The van der Waals surface area contributed by atoms with E-state index >= 15 is 0 Å². The number of carboxylic acids is 1. The number of likely N-dealkylation sites (tertiary alicyclic amines) is 1. The molecular formula is C11H18N2O5S. The summed E-state index contributed by atoms with van der Waals surface area (Å²) in [5, 5.41) is 8.81. The van der Waals surface area contributed by atoms with Crippen molar-refractivity contribution in [3.05, 3.63) is 0 Å². The summed E-state index contributed by atoms with van der Waals surface area (Å²) >= 11 is 0. The van der Waals surface area contributed by atoms with Crippen LogP contribution < -0.4 is 4.72 Å². The molecule has 7 nitrogen and oxygen atoms in total. The molecule has 8 heteroatoms. The predicted octanol–water partition coefficient (Wildman–Crippen LogP) is -0.753. The molecule has 3 atom stereocenters. The maximum Gasteiger partial charge on any atom is 0.307 e. The molecule has 1 heterocycles. The second-order valence-corrected chi connectivity index (χ2v) is 7.08. The Labute approximate surface area is 112 Å². The first-order valence-corrected chi connectivity index (χ1v) is 8.16. The molecule has 19 heavy (non-hydrogen) atoms. The number of carbonyl (C=O) groups is 2. The Balaban J connectivity index is 1.91. The fourth-order valence-electron chi connectivity index (χ4n) is 2.55. The molecule has 2 rings (SSSR count). The Hall–Kier alpha value is -1.15. The second kappa shape index (κ2) is 5.09. The Morgan fingerprint density at radius 3 is 2.53 bits per heavy atom. The van der Waals surface area contributed by atoms with Gasteiger partial charge in [-0.05, 0) is 19.3 Å². The number of aliphatic carboxylic acids is 1. The van der Waals surface area contributed by atoms with Crippen LogP contribution in [-0.2, 0) is 19.6 Å². The van der Waals surface area contributed by atoms with Gasteiger partial charge in [0.1, 0.15) is 0 Å². The number of carbonyl (C=O) groups excluding carboxylic acids is 1. The predicted molar refractivity (Wildman–Crippen MR) is 66.8 cm³/mol. The molecule has 1 saturated carbocycles. The van der Waals surface area contributed by atoms with E-state index in [2.05, 4.69) is 4.72 Å². The third-order valence-corrected chi connectivity index (χ3v) is 4.30. The maximum absolute atomic E-state index is 12.1. The van der Waals surface area contributed by atoms with Crippen LogP contribution in [0, 0.1) is 11.8 Å². The highest BCUT2D eigenvalue weighted by Crippen LogP contribution is 2.40. The van der Waals surface area contributed by atoms with Crippen molar-refractivity contribution in [2.75, 3.05) is 19.3 Å². The van der Waals surface area contributed by atoms with E-state index in [1.54, 1.807) is 4.90 Å². The monoisotopic (exact) mass is 290 g/mol. The van der Waals surface area contributed by atoms with Crippen molar-refractivity contribution in [3.63, 3.8) is 0 Å². The van der Waals surface area contributed by atoms with Crippen LogP contribution in [0.1, 0.15) is 19.3 Å². The van der Waals surface area contributed by atoms with E-state index in [0.29, 0.717) is 25.9 Å². The van der Waals surface area contributed by atoms with Crippen LogP contribution in [0.4, 0.5) is 0 Å². The average molecular weight is 290 g/mol. The first-order chi connectivity index (χ1) is 8.78. The Morgan fingerprint density at radius 1 is 1.32 bits per heavy atom. The third-order valence-electron chi connectivity index (χ3n) is 3.54. The van der Waals surface area contributed by atoms with E-state index < -0.39 is 27.8 Å². The lowest BCUT2D eigenvalue weighted by molar-refractivity contribution is -0.142. The van der Waals surface area contributed by atoms with Crippen LogP contribution >= 0.6 is 0 Å². The number of nitrogens with zero attached hydrogens (tertiary/aromatic N) is 1. The maximum atomic E-state index is 12.1. The number of hydrogen-bond acceptors (Lipinski definition) is 4. The normalized spacial score (nSPS) is 31.0. The highest BCUT2D eigenvalue weighted by Gasteiger charge is 2.50. The van der Waals surface area contributed by atoms with Gasteiger partial charge in [-0.3, -0.25) is 9.59 Å². The summed E-state index contributed by atoms with van der Waals surface area (Å²) in [5.41, 5.74) is 0. The smallest absolute Gasteiger partial charge is 0.307 e. The van der Waals surface area contributed by atoms with Gasteiger partial charge in [-0.1, -0.05) is 0 Å². The molecule has 2 fully saturated rings. The molecule has 0 bridgehead atoms. The number of nitrogens with one attached hydrogen (secondary N) is 1. The zero-order valence-electron chi connectivity index (χ0n) is 10.7. The number of piperidine rings is 1. The van der Waals surface area contributed by atoms with E-state index in [0.717, 1.165) is 12.7 Å². The van der Waals surface area contributed by atoms with Crippen molar-refractivity contribution in [2.24, 2.45) is 11.8 Å². The molecule has 0 spiro atoms. The number of rotatable bonds is 4. The van der Waals surface area contributed by atoms with Crippen molar-refractivity contribution in [3.8, 4) is 0 Å². The lowest BCUT2D eigenvalue weighted by Gasteiger charge is -2.33. The fraction of sp³-hybridized carbons (Fsp3) is 0.818. The molecule has 1 saturated heterocycles. The minimum absolute atomic E-state index is 0.160. The van der Waals surface area contributed by atoms with Gasteiger partial charge in [-0.15, -0.1) is 0 Å². The Kier molecular flexibility index (Phi) is 3.82. The molecule has 1 aliphatic heterocycles. The largest absolute Gasteiger partial charge is 0.481 e. The first kappa shape index (κ1) is 14.3. The van der Waals surface area contributed by atoms with Crippen LogP contribution in [0.25, 0.3) is 0 Å². The average Bonchev–Trinajstić information content (AvgIpc) is 3.06. The van der Waals surface area contributed by atoms with E-state index in [4.69, 9.17) is 5.11 Å². The molecule has 0 aromatic carbocycles. The zero-order valence-corrected chi connectivity index (χ0v) is 11.5. The summed E-state index contributed by atoms with van der Waals surface area (Å²) in [7, 11) is -3.28. The van der Waals surface area contributed by atoms with Gasteiger partial charge in [0.2, 0.25) is 15.9 Å². The van der Waals surface area contributed by atoms with Crippen LogP contribution in [0.5, 0.6) is 0 Å². The molecule has 0 aromatic heterocycles. The van der Waals surface area contributed by atoms with Gasteiger partial charge in [0.05, 0.1) is 18.1 Å². The van der Waals surface area contributed by atoms with Crippen LogP contribution in [-0.4, -0.2) is 55.7 Å². The standard InChI is InChI=1S/C11H18N2O5S/c1-19(17,18)12-7-3-2-4-13(6-7)10(14)8-5-9(8)11(15)16/h7-9,12H,2-6H2,1H3,(H,15,16)/t7?,8-,9+/m1/s1. The highest BCUT2D eigenvalue weighted by atomic mass is 32.2. The van der Waals surface area contributed by atoms with Crippen LogP contribution in [0.2, 0.25) is 0 Å². The van der Waals surface area contributed by atoms with Gasteiger partial charge in [0.15, 0.2) is 0 Å². The molecule has 0 aromatic rings. The van der Waals surface area contributed by atoms with E-state index in [9.17, 15) is 18.0 Å². The number of sulfonamides is 1. The van der Waals surface area contributed by atoms with Crippen molar-refractivity contribution >= 4 is 21.9 Å². The topological polar surface area (TPSA) is 104 Å². The van der Waals surface area contributed by atoms with Crippen LogP contribution in [0.15, 0.2) is 0 Å². The lowest BCUT2D eigenvalue weighted by Crippen LogP contribution is -2.49. The van der Waals surface area contributed by atoms with Gasteiger partial charge in [-0.2, -0.15) is 0 Å². The van der Waals surface area contributed by atoms with Gasteiger partial charge >= 0.3 is 5.97 Å². The molecule has 2 aliphatic rings. The van der Waals surface area contributed by atoms with Gasteiger partial charge in [0.25, 0.3) is 0 Å². The second-order valence-electron chi connectivity index (χ2n) is 5.30. The van der Waals surface area contributed by atoms with Crippen molar-refractivity contribution in [1.29, 1.82) is 0 Å². The molecule has 0 radical (unpaired) electrons. The third kappa shape index (κ3) is 3.66. The highest BCUT2D eigenvalue weighted by molar-refractivity contribution is 7.88. The van der Waals surface area contributed by atoms with Crippen molar-refractivity contribution in [2.45, 2.75) is 25.3 Å². The van der Waals surface area contributed by atoms with Gasteiger partial charge in [0, 0.05) is 19.1 Å². The summed E-state index contributed by atoms with van der Waals surface area (Å²) < 4.78 is 24.8. The van der Waals surface area contributed by atoms with E-state index in [-0.39, 0.29) is 11.9 Å². The summed E-state index contributed by atoms with van der Waals surface area (Å²) in [6.07, 6.45) is 2.91. The molecule has 1 unspecified atom stereocenters. The molecule has 1 aliphatic carbocycles. The molecular weight excluding hydrogens is 272 g/mol. The summed E-state index contributed by atoms with van der Waals surface area (Å²) in [5.74, 6) is -2.07. The molecule has 2 N–H and O–H groups in total. The quantitative estimate of drug-likeness (QED) is 0.709. The number of carboxylic acid groups (broad SMARTS) is 1. The minimum atomic E-state index is -3.28. The van der Waals surface area contributed by atoms with Crippen molar-refractivity contribution < 1.29 is 23.1 Å². The van der Waals surface area contributed by atoms with Crippen molar-refractivity contribution in [1.82, 2.24) is 9.62 Å². The minimum Gasteiger partial charge on any atom is -0.481 e. The van der Waals surface area contributed by atoms with E-state index in [1.807, 2.05) is 0 Å². The van der Waals surface area contributed by atoms with Gasteiger partial charge < -0.3 is 10.0 Å². The van der Waals surface area contributed by atoms with Gasteiger partial charge in [-0.25, -0.2) is 13.1 Å². The molecule has 1 amide bonds. The van der Waals surface area contributed by atoms with E-state index in [1.165, 1.54) is 0 Å².